The molecule has 20 heavy (non-hydrogen) atoms. The van der Waals surface area contributed by atoms with E-state index in [1.807, 2.05) is 12.1 Å². The van der Waals surface area contributed by atoms with Crippen LogP contribution in [0, 0.1) is 0 Å². The zero-order valence-electron chi connectivity index (χ0n) is 11.3. The monoisotopic (exact) mass is 278 g/mol. The standard InChI is InChI=1S/C14H18N2O4/c1-19-8-4-7-15-13(17)9-12-14(18)16-10-5-2-3-6-11(10)20-12/h2-3,5-6,12H,4,7-9H2,1H3,(H,15,17)(H,16,18)/t12-/m0/s1. The molecule has 2 rings (SSSR count). The molecule has 6 nitrogen and oxygen atoms in total. The van der Waals surface area contributed by atoms with Crippen LogP contribution in [0.1, 0.15) is 12.8 Å². The minimum absolute atomic E-state index is 0.00709. The second kappa shape index (κ2) is 6.91. The molecule has 2 amide bonds. The lowest BCUT2D eigenvalue weighted by molar-refractivity contribution is -0.130. The van der Waals surface area contributed by atoms with Crippen molar-refractivity contribution in [2.24, 2.45) is 0 Å². The van der Waals surface area contributed by atoms with Gasteiger partial charge in [0.05, 0.1) is 12.1 Å². The predicted molar refractivity (Wildman–Crippen MR) is 73.6 cm³/mol. The molecule has 0 aliphatic carbocycles. The first-order valence-corrected chi connectivity index (χ1v) is 6.53. The summed E-state index contributed by atoms with van der Waals surface area (Å²) in [7, 11) is 1.61. The van der Waals surface area contributed by atoms with Crippen molar-refractivity contribution in [3.05, 3.63) is 24.3 Å². The van der Waals surface area contributed by atoms with Crippen LogP contribution in [0.5, 0.6) is 5.75 Å². The summed E-state index contributed by atoms with van der Waals surface area (Å²) in [5, 5.41) is 5.46. The smallest absolute Gasteiger partial charge is 0.266 e. The Morgan fingerprint density at radius 2 is 2.25 bits per heavy atom. The van der Waals surface area contributed by atoms with E-state index in [0.29, 0.717) is 24.6 Å². The third kappa shape index (κ3) is 3.71. The summed E-state index contributed by atoms with van der Waals surface area (Å²) in [4.78, 5) is 23.6. The van der Waals surface area contributed by atoms with Crippen molar-refractivity contribution >= 4 is 17.5 Å². The van der Waals surface area contributed by atoms with Crippen LogP contribution < -0.4 is 15.4 Å². The summed E-state index contributed by atoms with van der Waals surface area (Å²) in [5.74, 6) is 0.0839. The second-order valence-electron chi connectivity index (χ2n) is 4.49. The van der Waals surface area contributed by atoms with Crippen LogP contribution in [0.3, 0.4) is 0 Å². The molecule has 0 spiro atoms. The van der Waals surface area contributed by atoms with Gasteiger partial charge in [-0.05, 0) is 18.6 Å². The third-order valence-electron chi connectivity index (χ3n) is 2.92. The molecule has 0 bridgehead atoms. The van der Waals surface area contributed by atoms with Crippen LogP contribution in [0.2, 0.25) is 0 Å². The molecule has 1 aliphatic heterocycles. The number of anilines is 1. The number of hydrogen-bond acceptors (Lipinski definition) is 4. The Bertz CT molecular complexity index is 490. The van der Waals surface area contributed by atoms with E-state index in [0.717, 1.165) is 6.42 Å². The Balaban J connectivity index is 1.84. The van der Waals surface area contributed by atoms with Crippen LogP contribution in [-0.4, -0.2) is 38.2 Å². The first-order chi connectivity index (χ1) is 9.70. The Morgan fingerprint density at radius 3 is 3.05 bits per heavy atom. The van der Waals surface area contributed by atoms with E-state index in [1.165, 1.54) is 0 Å². The summed E-state index contributed by atoms with van der Waals surface area (Å²) in [6.45, 7) is 1.12. The van der Waals surface area contributed by atoms with E-state index < -0.39 is 6.10 Å². The molecule has 0 fully saturated rings. The Labute approximate surface area is 117 Å². The summed E-state index contributed by atoms with van der Waals surface area (Å²) in [5.41, 5.74) is 0.634. The molecule has 0 unspecified atom stereocenters. The van der Waals surface area contributed by atoms with Crippen LogP contribution in [0.15, 0.2) is 24.3 Å². The first kappa shape index (κ1) is 14.3. The van der Waals surface area contributed by atoms with Crippen LogP contribution in [0.4, 0.5) is 5.69 Å². The number of methoxy groups -OCH3 is 1. The SMILES string of the molecule is COCCCNC(=O)C[C@@H]1Oc2ccccc2NC1=O. The number of carbonyl (C=O) groups is 2. The Kier molecular flexibility index (Phi) is 4.95. The lowest BCUT2D eigenvalue weighted by Gasteiger charge is -2.25. The van der Waals surface area contributed by atoms with Gasteiger partial charge in [-0.25, -0.2) is 0 Å². The van der Waals surface area contributed by atoms with E-state index in [1.54, 1.807) is 19.2 Å². The third-order valence-corrected chi connectivity index (χ3v) is 2.92. The number of nitrogens with one attached hydrogen (secondary N) is 2. The van der Waals surface area contributed by atoms with E-state index in [9.17, 15) is 9.59 Å². The normalized spacial score (nSPS) is 16.9. The van der Waals surface area contributed by atoms with Gasteiger partial charge in [-0.15, -0.1) is 0 Å². The molecule has 2 N–H and O–H groups in total. The second-order valence-corrected chi connectivity index (χ2v) is 4.49. The number of benzene rings is 1. The van der Waals surface area contributed by atoms with E-state index in [2.05, 4.69) is 10.6 Å². The highest BCUT2D eigenvalue weighted by molar-refractivity contribution is 5.99. The Hall–Kier alpha value is -2.08. The minimum Gasteiger partial charge on any atom is -0.478 e. The number of fused-ring (bicyclic) bond motifs is 1. The van der Waals surface area contributed by atoms with Crippen LogP contribution in [-0.2, 0) is 14.3 Å². The number of para-hydroxylation sites is 2. The van der Waals surface area contributed by atoms with Crippen molar-refractivity contribution in [3.8, 4) is 5.75 Å². The topological polar surface area (TPSA) is 76.7 Å². The lowest BCUT2D eigenvalue weighted by Crippen LogP contribution is -2.41. The minimum atomic E-state index is -0.785. The molecule has 108 valence electrons. The molecule has 0 saturated heterocycles. The van der Waals surface area contributed by atoms with Crippen molar-refractivity contribution in [1.82, 2.24) is 5.32 Å². The van der Waals surface area contributed by atoms with Gasteiger partial charge in [0.1, 0.15) is 5.75 Å². The maximum atomic E-state index is 11.8. The van der Waals surface area contributed by atoms with Gasteiger partial charge in [0.25, 0.3) is 5.91 Å². The highest BCUT2D eigenvalue weighted by Gasteiger charge is 2.29. The number of carbonyl (C=O) groups excluding carboxylic acids is 2. The van der Waals surface area contributed by atoms with Gasteiger partial charge in [-0.3, -0.25) is 9.59 Å². The fourth-order valence-corrected chi connectivity index (χ4v) is 1.91. The molecule has 0 aromatic heterocycles. The van der Waals surface area contributed by atoms with Crippen molar-refractivity contribution in [3.63, 3.8) is 0 Å². The summed E-state index contributed by atoms with van der Waals surface area (Å²) >= 11 is 0. The molecule has 1 heterocycles. The molecule has 1 aromatic rings. The van der Waals surface area contributed by atoms with Gasteiger partial charge < -0.3 is 20.1 Å². The van der Waals surface area contributed by atoms with Gasteiger partial charge in [0.2, 0.25) is 5.91 Å². The van der Waals surface area contributed by atoms with Crippen molar-refractivity contribution < 1.29 is 19.1 Å². The summed E-state index contributed by atoms with van der Waals surface area (Å²) in [6.07, 6.45) is -0.0389. The van der Waals surface area contributed by atoms with Crippen molar-refractivity contribution in [1.29, 1.82) is 0 Å². The quantitative estimate of drug-likeness (QED) is 0.759. The lowest BCUT2D eigenvalue weighted by atomic mass is 10.1. The van der Waals surface area contributed by atoms with Crippen molar-refractivity contribution in [2.45, 2.75) is 18.9 Å². The number of rotatable bonds is 6. The fourth-order valence-electron chi connectivity index (χ4n) is 1.91. The van der Waals surface area contributed by atoms with Crippen LogP contribution >= 0.6 is 0 Å². The largest absolute Gasteiger partial charge is 0.478 e. The van der Waals surface area contributed by atoms with E-state index in [-0.39, 0.29) is 18.2 Å². The van der Waals surface area contributed by atoms with Gasteiger partial charge in [0, 0.05) is 20.3 Å². The number of hydrogen-bond donors (Lipinski definition) is 2. The van der Waals surface area contributed by atoms with Gasteiger partial charge >= 0.3 is 0 Å². The average molecular weight is 278 g/mol. The first-order valence-electron chi connectivity index (χ1n) is 6.53. The van der Waals surface area contributed by atoms with Gasteiger partial charge in [0.15, 0.2) is 6.10 Å². The molecule has 0 saturated carbocycles. The van der Waals surface area contributed by atoms with E-state index in [4.69, 9.17) is 9.47 Å². The number of amides is 2. The van der Waals surface area contributed by atoms with E-state index >= 15 is 0 Å². The Morgan fingerprint density at radius 1 is 1.45 bits per heavy atom. The average Bonchev–Trinajstić information content (AvgIpc) is 2.44. The zero-order valence-corrected chi connectivity index (χ0v) is 11.3. The molecule has 6 heteroatoms. The highest BCUT2D eigenvalue weighted by atomic mass is 16.5. The molecular formula is C14H18N2O4. The maximum absolute atomic E-state index is 11.8. The van der Waals surface area contributed by atoms with Crippen LogP contribution in [0.25, 0.3) is 0 Å². The summed E-state index contributed by atoms with van der Waals surface area (Å²) < 4.78 is 10.4. The van der Waals surface area contributed by atoms with Gasteiger partial charge in [-0.2, -0.15) is 0 Å². The number of ether oxygens (including phenoxy) is 2. The molecule has 1 atom stereocenters. The fraction of sp³-hybridized carbons (Fsp3) is 0.429. The molecule has 1 aliphatic rings. The molecule has 1 aromatic carbocycles. The maximum Gasteiger partial charge on any atom is 0.266 e. The molecular weight excluding hydrogens is 260 g/mol. The predicted octanol–water partition coefficient (Wildman–Crippen LogP) is 0.929. The zero-order chi connectivity index (χ0) is 14.4. The summed E-state index contributed by atoms with van der Waals surface area (Å²) in [6, 6.07) is 7.15. The molecule has 0 radical (unpaired) electrons. The van der Waals surface area contributed by atoms with Gasteiger partial charge in [-0.1, -0.05) is 12.1 Å². The highest BCUT2D eigenvalue weighted by Crippen LogP contribution is 2.29. The van der Waals surface area contributed by atoms with Crippen molar-refractivity contribution in [2.75, 3.05) is 25.6 Å².